The second kappa shape index (κ2) is 5.34. The molecule has 1 heterocycles. The Balaban J connectivity index is 2.21. The monoisotopic (exact) mass is 343 g/mol. The Labute approximate surface area is 120 Å². The number of aromatic nitrogens is 2. The summed E-state index contributed by atoms with van der Waals surface area (Å²) >= 11 is 3.24. The summed E-state index contributed by atoms with van der Waals surface area (Å²) in [6.45, 7) is 2.22. The quantitative estimate of drug-likeness (QED) is 0.861. The highest BCUT2D eigenvalue weighted by molar-refractivity contribution is 9.10. The van der Waals surface area contributed by atoms with E-state index in [1.807, 2.05) is 11.5 Å². The van der Waals surface area contributed by atoms with Crippen LogP contribution in [0.15, 0.2) is 40.0 Å². The number of anilines is 1. The first kappa shape index (κ1) is 14.1. The minimum atomic E-state index is -3.35. The van der Waals surface area contributed by atoms with Gasteiger partial charge >= 0.3 is 0 Å². The third-order valence-electron chi connectivity index (χ3n) is 2.82. The predicted molar refractivity (Wildman–Crippen MR) is 77.6 cm³/mol. The average Bonchev–Trinajstić information content (AvgIpc) is 2.72. The molecule has 0 saturated carbocycles. The Morgan fingerprint density at radius 2 is 2.16 bits per heavy atom. The normalized spacial score (nSPS) is 11.7. The van der Waals surface area contributed by atoms with E-state index in [-0.39, 0.29) is 10.6 Å². The maximum atomic E-state index is 12.3. The molecule has 2 N–H and O–H groups in total. The van der Waals surface area contributed by atoms with Gasteiger partial charge in [0.25, 0.3) is 0 Å². The van der Waals surface area contributed by atoms with Gasteiger partial charge < -0.3 is 10.3 Å². The molecule has 2 aromatic rings. The Morgan fingerprint density at radius 1 is 1.42 bits per heavy atom. The van der Waals surface area contributed by atoms with E-state index < -0.39 is 9.84 Å². The molecule has 1 aromatic heterocycles. The summed E-state index contributed by atoms with van der Waals surface area (Å²) in [7, 11) is -3.35. The highest BCUT2D eigenvalue weighted by Crippen LogP contribution is 2.25. The smallest absolute Gasteiger partial charge is 0.181 e. The summed E-state index contributed by atoms with van der Waals surface area (Å²) in [6, 6.07) is 4.70. The van der Waals surface area contributed by atoms with Crippen LogP contribution in [0, 0.1) is 6.92 Å². The lowest BCUT2D eigenvalue weighted by Crippen LogP contribution is -2.14. The average molecular weight is 344 g/mol. The maximum absolute atomic E-state index is 12.3. The number of halogens is 1. The van der Waals surface area contributed by atoms with Crippen LogP contribution in [0.1, 0.15) is 5.82 Å². The van der Waals surface area contributed by atoms with E-state index in [1.165, 1.54) is 6.07 Å². The maximum Gasteiger partial charge on any atom is 0.181 e. The summed E-state index contributed by atoms with van der Waals surface area (Å²) in [5, 5.41) is 0. The third kappa shape index (κ3) is 3.16. The van der Waals surface area contributed by atoms with Crippen molar-refractivity contribution in [3.8, 4) is 0 Å². The van der Waals surface area contributed by atoms with E-state index in [9.17, 15) is 8.42 Å². The van der Waals surface area contributed by atoms with Crippen molar-refractivity contribution in [1.29, 1.82) is 0 Å². The van der Waals surface area contributed by atoms with Crippen molar-refractivity contribution in [3.05, 3.63) is 40.9 Å². The van der Waals surface area contributed by atoms with E-state index in [0.717, 1.165) is 5.82 Å². The number of nitrogens with zero attached hydrogens (tertiary/aromatic N) is 2. The van der Waals surface area contributed by atoms with E-state index >= 15 is 0 Å². The summed E-state index contributed by atoms with van der Waals surface area (Å²) in [4.78, 5) is 4.32. The van der Waals surface area contributed by atoms with Crippen molar-refractivity contribution >= 4 is 31.5 Å². The van der Waals surface area contributed by atoms with Crippen LogP contribution in [-0.4, -0.2) is 23.7 Å². The number of aryl methyl sites for hydroxylation is 2. The summed E-state index contributed by atoms with van der Waals surface area (Å²) in [5.41, 5.74) is 6.13. The molecule has 102 valence electrons. The molecule has 0 atom stereocenters. The fourth-order valence-corrected chi connectivity index (χ4v) is 4.16. The molecule has 0 fully saturated rings. The van der Waals surface area contributed by atoms with Gasteiger partial charge in [0.05, 0.1) is 10.6 Å². The van der Waals surface area contributed by atoms with E-state index in [0.29, 0.717) is 16.7 Å². The molecule has 7 heteroatoms. The van der Waals surface area contributed by atoms with Crippen molar-refractivity contribution in [3.63, 3.8) is 0 Å². The van der Waals surface area contributed by atoms with Gasteiger partial charge in [-0.05, 0) is 41.1 Å². The first-order valence-corrected chi connectivity index (χ1v) is 8.10. The van der Waals surface area contributed by atoms with Crippen molar-refractivity contribution < 1.29 is 8.42 Å². The van der Waals surface area contributed by atoms with Crippen molar-refractivity contribution in [2.24, 2.45) is 0 Å². The zero-order chi connectivity index (χ0) is 14.0. The minimum absolute atomic E-state index is 0.0206. The van der Waals surface area contributed by atoms with Gasteiger partial charge in [-0.2, -0.15) is 0 Å². The van der Waals surface area contributed by atoms with E-state index in [2.05, 4.69) is 20.9 Å². The second-order valence-corrected chi connectivity index (χ2v) is 7.11. The molecule has 0 unspecified atom stereocenters. The molecule has 0 aliphatic carbocycles. The molecule has 0 aliphatic heterocycles. The highest BCUT2D eigenvalue weighted by atomic mass is 79.9. The molecule has 0 radical (unpaired) electrons. The SMILES string of the molecule is Cc1nccn1CCS(=O)(=O)c1ccc(N)cc1Br. The van der Waals surface area contributed by atoms with Crippen LogP contribution in [0.25, 0.3) is 0 Å². The molecular weight excluding hydrogens is 330 g/mol. The number of nitrogen functional groups attached to an aromatic ring is 1. The molecule has 1 aromatic carbocycles. The minimum Gasteiger partial charge on any atom is -0.399 e. The second-order valence-electron chi connectivity index (χ2n) is 4.18. The highest BCUT2D eigenvalue weighted by Gasteiger charge is 2.18. The molecule has 0 amide bonds. The van der Waals surface area contributed by atoms with Crippen LogP contribution >= 0.6 is 15.9 Å². The number of imidazole rings is 1. The van der Waals surface area contributed by atoms with Crippen LogP contribution in [0.5, 0.6) is 0 Å². The Morgan fingerprint density at radius 3 is 2.74 bits per heavy atom. The van der Waals surface area contributed by atoms with Crippen molar-refractivity contribution in [2.75, 3.05) is 11.5 Å². The molecule has 5 nitrogen and oxygen atoms in total. The van der Waals surface area contributed by atoms with Gasteiger partial charge in [-0.1, -0.05) is 0 Å². The topological polar surface area (TPSA) is 78.0 Å². The van der Waals surface area contributed by atoms with E-state index in [4.69, 9.17) is 5.73 Å². The lowest BCUT2D eigenvalue weighted by molar-refractivity contribution is 0.587. The zero-order valence-electron chi connectivity index (χ0n) is 10.4. The first-order chi connectivity index (χ1) is 8.90. The van der Waals surface area contributed by atoms with Gasteiger partial charge in [0.1, 0.15) is 5.82 Å². The van der Waals surface area contributed by atoms with Gasteiger partial charge in [0.2, 0.25) is 0 Å². The summed E-state index contributed by atoms with van der Waals surface area (Å²) in [5.74, 6) is 0.818. The number of hydrogen-bond donors (Lipinski definition) is 1. The lowest BCUT2D eigenvalue weighted by Gasteiger charge is -2.09. The van der Waals surface area contributed by atoms with E-state index in [1.54, 1.807) is 24.5 Å². The van der Waals surface area contributed by atoms with Crippen LogP contribution in [0.2, 0.25) is 0 Å². The van der Waals surface area contributed by atoms with Gasteiger partial charge in [-0.15, -0.1) is 0 Å². The largest absolute Gasteiger partial charge is 0.399 e. The van der Waals surface area contributed by atoms with Crippen LogP contribution in [0.4, 0.5) is 5.69 Å². The Bertz CT molecular complexity index is 695. The van der Waals surface area contributed by atoms with Gasteiger partial charge in [0.15, 0.2) is 9.84 Å². The van der Waals surface area contributed by atoms with Crippen molar-refractivity contribution in [1.82, 2.24) is 9.55 Å². The number of sulfone groups is 1. The Hall–Kier alpha value is -1.34. The molecule has 0 spiro atoms. The molecule has 2 rings (SSSR count). The fourth-order valence-electron chi connectivity index (χ4n) is 1.74. The predicted octanol–water partition coefficient (Wildman–Crippen LogP) is 2.01. The number of benzene rings is 1. The number of hydrogen-bond acceptors (Lipinski definition) is 4. The molecule has 0 saturated heterocycles. The standard InChI is InChI=1S/C12H14BrN3O2S/c1-9-15-4-5-16(9)6-7-19(17,18)12-3-2-10(14)8-11(12)13/h2-5,8H,6-7,14H2,1H3. The third-order valence-corrected chi connectivity index (χ3v) is 5.48. The van der Waals surface area contributed by atoms with Crippen LogP contribution in [-0.2, 0) is 16.4 Å². The van der Waals surface area contributed by atoms with Gasteiger partial charge in [-0.25, -0.2) is 13.4 Å². The fraction of sp³-hybridized carbons (Fsp3) is 0.250. The number of nitrogens with two attached hydrogens (primary N) is 1. The lowest BCUT2D eigenvalue weighted by atomic mass is 10.3. The summed E-state index contributed by atoms with van der Waals surface area (Å²) in [6.07, 6.45) is 3.42. The Kier molecular flexibility index (Phi) is 3.96. The zero-order valence-corrected chi connectivity index (χ0v) is 12.8. The van der Waals surface area contributed by atoms with Gasteiger partial charge in [0, 0.05) is 29.1 Å². The molecule has 19 heavy (non-hydrogen) atoms. The van der Waals surface area contributed by atoms with Crippen LogP contribution in [0.3, 0.4) is 0 Å². The molecular formula is C12H14BrN3O2S. The first-order valence-electron chi connectivity index (χ1n) is 5.65. The van der Waals surface area contributed by atoms with Gasteiger partial charge in [-0.3, -0.25) is 0 Å². The number of rotatable bonds is 4. The molecule has 0 aliphatic rings. The molecule has 0 bridgehead atoms. The summed E-state index contributed by atoms with van der Waals surface area (Å²) < 4.78 is 26.8. The van der Waals surface area contributed by atoms with Crippen molar-refractivity contribution in [2.45, 2.75) is 18.4 Å². The van der Waals surface area contributed by atoms with Crippen LogP contribution < -0.4 is 5.73 Å².